The van der Waals surface area contributed by atoms with Crippen LogP contribution in [0.4, 0.5) is 5.69 Å². The van der Waals surface area contributed by atoms with Crippen LogP contribution in [0.3, 0.4) is 0 Å². The molecule has 7 nitrogen and oxygen atoms in total. The molecule has 1 aromatic heterocycles. The van der Waals surface area contributed by atoms with Crippen LogP contribution in [0.25, 0.3) is 11.0 Å². The standard InChI is InChI=1S/C27H31N5O2S4/c1-5-8-16-31-24(34)21(38-27(31)35)25-30(7-3)23(33)19(36-25)14-15-20-29(6-2)22-26(37-20)32(17-28(22)4)18-12-10-9-11-13-18/h9-15H,5-8,16-17H2,1-4H3. The van der Waals surface area contributed by atoms with Gasteiger partial charge in [-0.3, -0.25) is 19.1 Å². The highest BCUT2D eigenvalue weighted by Crippen LogP contribution is 2.48. The minimum Gasteiger partial charge on any atom is -0.341 e. The van der Waals surface area contributed by atoms with Crippen LogP contribution in [-0.4, -0.2) is 56.3 Å². The Balaban J connectivity index is 1.51. The summed E-state index contributed by atoms with van der Waals surface area (Å²) in [7, 11) is 2.11. The minimum atomic E-state index is -0.0880. The predicted octanol–water partition coefficient (Wildman–Crippen LogP) is 3.93. The van der Waals surface area contributed by atoms with Gasteiger partial charge in [0.25, 0.3) is 11.5 Å². The number of hydrogen-bond donors (Lipinski definition) is 0. The summed E-state index contributed by atoms with van der Waals surface area (Å²) in [6.45, 7) is 8.91. The topological polar surface area (TPSA) is 52.0 Å². The van der Waals surface area contributed by atoms with E-state index >= 15 is 0 Å². The highest BCUT2D eigenvalue weighted by atomic mass is 32.2. The fourth-order valence-electron chi connectivity index (χ4n) is 4.72. The summed E-state index contributed by atoms with van der Waals surface area (Å²) < 4.78 is 3.58. The lowest BCUT2D eigenvalue weighted by Crippen LogP contribution is -2.33. The number of thiazole rings is 1. The van der Waals surface area contributed by atoms with Crippen molar-refractivity contribution < 1.29 is 4.79 Å². The smallest absolute Gasteiger partial charge is 0.269 e. The highest BCUT2D eigenvalue weighted by molar-refractivity contribution is 8.30. The molecule has 1 fully saturated rings. The number of carbonyl (C=O) groups excluding carboxylic acids is 1. The Morgan fingerprint density at radius 3 is 2.45 bits per heavy atom. The van der Waals surface area contributed by atoms with E-state index in [0.29, 0.717) is 31.5 Å². The van der Waals surface area contributed by atoms with Crippen LogP contribution in [-0.2, 0) is 11.3 Å². The molecule has 38 heavy (non-hydrogen) atoms. The number of amides is 1. The van der Waals surface area contributed by atoms with Gasteiger partial charge in [-0.05, 0) is 44.6 Å². The van der Waals surface area contributed by atoms with Crippen molar-refractivity contribution in [2.75, 3.05) is 31.7 Å². The number of nitrogens with zero attached hydrogens (tertiary/aromatic N) is 5. The van der Waals surface area contributed by atoms with Crippen LogP contribution in [0.5, 0.6) is 0 Å². The van der Waals surface area contributed by atoms with E-state index in [1.807, 2.05) is 25.1 Å². The van der Waals surface area contributed by atoms with E-state index in [0.717, 1.165) is 36.8 Å². The summed E-state index contributed by atoms with van der Waals surface area (Å²) in [6.07, 6.45) is 5.83. The molecule has 0 bridgehead atoms. The van der Waals surface area contributed by atoms with Crippen molar-refractivity contribution in [2.45, 2.75) is 40.2 Å². The van der Waals surface area contributed by atoms with Crippen molar-refractivity contribution >= 4 is 74.0 Å². The molecular weight excluding hydrogens is 555 g/mol. The zero-order valence-corrected chi connectivity index (χ0v) is 25.2. The van der Waals surface area contributed by atoms with Crippen LogP contribution in [0, 0.1) is 0 Å². The average molecular weight is 586 g/mol. The van der Waals surface area contributed by atoms with Gasteiger partial charge < -0.3 is 14.7 Å². The molecule has 4 heterocycles. The molecule has 0 atom stereocenters. The molecule has 1 aromatic carbocycles. The fraction of sp³-hybridized carbons (Fsp3) is 0.370. The Morgan fingerprint density at radius 2 is 1.76 bits per heavy atom. The van der Waals surface area contributed by atoms with E-state index in [1.165, 1.54) is 33.9 Å². The van der Waals surface area contributed by atoms with E-state index in [9.17, 15) is 9.59 Å². The summed E-state index contributed by atoms with van der Waals surface area (Å²) >= 11 is 9.91. The Bertz CT molecular complexity index is 1510. The molecule has 11 heteroatoms. The number of para-hydroxylation sites is 1. The van der Waals surface area contributed by atoms with Gasteiger partial charge in [0.2, 0.25) is 0 Å². The zero-order chi connectivity index (χ0) is 27.0. The number of benzene rings is 1. The van der Waals surface area contributed by atoms with Gasteiger partial charge in [-0.2, -0.15) is 0 Å². The lowest BCUT2D eigenvalue weighted by molar-refractivity contribution is -0.120. The monoisotopic (exact) mass is 585 g/mol. The number of thioether (sulfide) groups is 2. The maximum atomic E-state index is 13.3. The zero-order valence-electron chi connectivity index (χ0n) is 22.0. The summed E-state index contributed by atoms with van der Waals surface area (Å²) in [5.74, 6) is 1.10. The molecule has 0 spiro atoms. The van der Waals surface area contributed by atoms with Gasteiger partial charge in [-0.1, -0.05) is 67.3 Å². The van der Waals surface area contributed by atoms with Crippen molar-refractivity contribution in [1.29, 1.82) is 0 Å². The molecule has 3 aliphatic heterocycles. The van der Waals surface area contributed by atoms with Gasteiger partial charge in [0.05, 0.1) is 16.2 Å². The van der Waals surface area contributed by atoms with Crippen molar-refractivity contribution in [3.63, 3.8) is 0 Å². The first-order valence-corrected chi connectivity index (χ1v) is 15.7. The van der Waals surface area contributed by atoms with Gasteiger partial charge in [-0.15, -0.1) is 11.3 Å². The van der Waals surface area contributed by atoms with Gasteiger partial charge in [0.15, 0.2) is 0 Å². The molecule has 0 N–H and O–H groups in total. The number of anilines is 1. The second-order valence-electron chi connectivity index (χ2n) is 9.08. The lowest BCUT2D eigenvalue weighted by Gasteiger charge is -2.28. The summed E-state index contributed by atoms with van der Waals surface area (Å²) in [6, 6.07) is 10.4. The van der Waals surface area contributed by atoms with Gasteiger partial charge >= 0.3 is 0 Å². The summed E-state index contributed by atoms with van der Waals surface area (Å²) in [4.78, 5) is 35.6. The molecule has 1 amide bonds. The third-order valence-electron chi connectivity index (χ3n) is 6.64. The van der Waals surface area contributed by atoms with E-state index in [-0.39, 0.29) is 11.5 Å². The van der Waals surface area contributed by atoms with Crippen molar-refractivity contribution in [3.8, 4) is 0 Å². The number of carbonyl (C=O) groups is 1. The number of hydrogen-bond acceptors (Lipinski definition) is 9. The molecule has 2 aromatic rings. The number of thiocarbonyl (C=S) groups is 1. The molecule has 0 radical (unpaired) electrons. The van der Waals surface area contributed by atoms with Crippen molar-refractivity contribution in [1.82, 2.24) is 19.3 Å². The highest BCUT2D eigenvalue weighted by Gasteiger charge is 2.39. The first-order valence-electron chi connectivity index (χ1n) is 12.8. The maximum absolute atomic E-state index is 13.3. The SMILES string of the molecule is CCCCN1C(=O)C(=c2sc(=CC=C3SC4=C(N(C)CN4c4ccccc4)N3CC)c(=O)n2CC)SC1=S. The van der Waals surface area contributed by atoms with E-state index in [4.69, 9.17) is 12.2 Å². The molecule has 0 aliphatic carbocycles. The summed E-state index contributed by atoms with van der Waals surface area (Å²) in [5, 5.41) is 2.27. The summed E-state index contributed by atoms with van der Waals surface area (Å²) in [5.41, 5.74) is 1.09. The second-order valence-corrected chi connectivity index (χ2v) is 12.8. The minimum absolute atomic E-state index is 0.0715. The number of rotatable bonds is 7. The molecule has 200 valence electrons. The van der Waals surface area contributed by atoms with Crippen LogP contribution < -0.4 is 19.7 Å². The number of unbranched alkanes of at least 4 members (excludes halogenated alkanes) is 1. The van der Waals surface area contributed by atoms with E-state index in [2.05, 4.69) is 59.9 Å². The van der Waals surface area contributed by atoms with Gasteiger partial charge in [0, 0.05) is 32.4 Å². The van der Waals surface area contributed by atoms with E-state index in [1.54, 1.807) is 21.2 Å². The fourth-order valence-corrected chi connectivity index (χ4v) is 8.58. The third kappa shape index (κ3) is 4.74. The Morgan fingerprint density at radius 1 is 1.00 bits per heavy atom. The third-order valence-corrected chi connectivity index (χ3v) is 10.5. The Hall–Kier alpha value is -2.47. The molecular formula is C27H31N5O2S4. The normalized spacial score (nSPS) is 20.7. The first kappa shape index (κ1) is 27.1. The van der Waals surface area contributed by atoms with E-state index < -0.39 is 0 Å². The number of aromatic nitrogens is 1. The van der Waals surface area contributed by atoms with Crippen LogP contribution in [0.2, 0.25) is 0 Å². The molecule has 0 unspecified atom stereocenters. The largest absolute Gasteiger partial charge is 0.341 e. The first-order chi connectivity index (χ1) is 18.4. The van der Waals surface area contributed by atoms with Crippen LogP contribution in [0.15, 0.2) is 57.1 Å². The predicted molar refractivity (Wildman–Crippen MR) is 165 cm³/mol. The quantitative estimate of drug-likeness (QED) is 0.454. The van der Waals surface area contributed by atoms with Crippen molar-refractivity contribution in [2.24, 2.45) is 0 Å². The Labute approximate surface area is 240 Å². The molecule has 3 aliphatic rings. The van der Waals surface area contributed by atoms with Crippen molar-refractivity contribution in [3.05, 3.63) is 71.8 Å². The molecule has 0 saturated carbocycles. The molecule has 5 rings (SSSR count). The van der Waals surface area contributed by atoms with Gasteiger partial charge in [0.1, 0.15) is 24.7 Å². The maximum Gasteiger partial charge on any atom is 0.269 e. The van der Waals surface area contributed by atoms with Gasteiger partial charge in [-0.25, -0.2) is 0 Å². The molecule has 1 saturated heterocycles. The number of allylic oxidation sites excluding steroid dienone is 1. The van der Waals surface area contributed by atoms with Crippen LogP contribution >= 0.6 is 47.1 Å². The Kier molecular flexibility index (Phi) is 8.08. The van der Waals surface area contributed by atoms with Crippen LogP contribution in [0.1, 0.15) is 33.6 Å². The lowest BCUT2D eigenvalue weighted by atomic mass is 10.3. The second kappa shape index (κ2) is 11.3. The average Bonchev–Trinajstić information content (AvgIpc) is 3.62.